The number of rotatable bonds is 3. The summed E-state index contributed by atoms with van der Waals surface area (Å²) in [5.74, 6) is -0.556. The average Bonchev–Trinajstić information content (AvgIpc) is 2.89. The van der Waals surface area contributed by atoms with Gasteiger partial charge in [0.25, 0.3) is 0 Å². The highest BCUT2D eigenvalue weighted by atomic mass is 79.9. The molecule has 1 heterocycles. The lowest BCUT2D eigenvalue weighted by atomic mass is 9.86. The van der Waals surface area contributed by atoms with Gasteiger partial charge in [0.05, 0.1) is 13.5 Å². The fraction of sp³-hybridized carbons (Fsp3) is 0.556. The van der Waals surface area contributed by atoms with Crippen LogP contribution in [0, 0.1) is 5.92 Å². The first-order valence-electron chi connectivity index (χ1n) is 8.14. The van der Waals surface area contributed by atoms with E-state index in [0.717, 1.165) is 4.47 Å². The van der Waals surface area contributed by atoms with Gasteiger partial charge in [-0.1, -0.05) is 22.0 Å². The zero-order chi connectivity index (χ0) is 18.8. The van der Waals surface area contributed by atoms with Crippen LogP contribution in [0.4, 0.5) is 4.79 Å². The van der Waals surface area contributed by atoms with Gasteiger partial charge >= 0.3 is 12.1 Å². The number of ether oxygens (including phenoxy) is 2. The highest BCUT2D eigenvalue weighted by Crippen LogP contribution is 2.42. The first kappa shape index (κ1) is 19.6. The van der Waals surface area contributed by atoms with Gasteiger partial charge in [-0.2, -0.15) is 0 Å². The lowest BCUT2D eigenvalue weighted by Crippen LogP contribution is -2.35. The Bertz CT molecular complexity index is 635. The minimum atomic E-state index is -0.595. The molecular weight excluding hydrogens is 390 g/mol. The number of amides is 1. The third-order valence-corrected chi connectivity index (χ3v) is 4.84. The molecule has 6 nitrogen and oxygen atoms in total. The topological polar surface area (TPSA) is 76.1 Å². The van der Waals surface area contributed by atoms with Crippen LogP contribution < -0.4 is 0 Å². The van der Waals surface area contributed by atoms with Crippen LogP contribution >= 0.6 is 15.9 Å². The highest BCUT2D eigenvalue weighted by molar-refractivity contribution is 9.10. The minimum absolute atomic E-state index is 0.139. The monoisotopic (exact) mass is 413 g/mol. The highest BCUT2D eigenvalue weighted by Gasteiger charge is 2.40. The number of phenolic OH excluding ortho intramolecular Hbond substituents is 1. The van der Waals surface area contributed by atoms with E-state index in [4.69, 9.17) is 9.47 Å². The number of esters is 1. The Morgan fingerprint density at radius 1 is 1.32 bits per heavy atom. The van der Waals surface area contributed by atoms with Gasteiger partial charge in [0.2, 0.25) is 0 Å². The predicted molar refractivity (Wildman–Crippen MR) is 96.5 cm³/mol. The molecule has 0 radical (unpaired) electrons. The molecule has 7 heteroatoms. The Hall–Kier alpha value is -1.76. The van der Waals surface area contributed by atoms with E-state index < -0.39 is 11.7 Å². The molecule has 138 valence electrons. The van der Waals surface area contributed by atoms with Gasteiger partial charge in [0.15, 0.2) is 0 Å². The van der Waals surface area contributed by atoms with E-state index in [2.05, 4.69) is 15.9 Å². The van der Waals surface area contributed by atoms with Crippen molar-refractivity contribution in [3.63, 3.8) is 0 Å². The number of hydrogen-bond donors (Lipinski definition) is 1. The van der Waals surface area contributed by atoms with Crippen molar-refractivity contribution in [3.05, 3.63) is 28.2 Å². The third-order valence-electron chi connectivity index (χ3n) is 4.15. The molecule has 1 amide bonds. The van der Waals surface area contributed by atoms with Gasteiger partial charge in [-0.25, -0.2) is 4.79 Å². The maximum Gasteiger partial charge on any atom is 0.410 e. The van der Waals surface area contributed by atoms with E-state index in [1.165, 1.54) is 7.11 Å². The van der Waals surface area contributed by atoms with Crippen LogP contribution in [0.3, 0.4) is 0 Å². The molecule has 1 aromatic carbocycles. The lowest BCUT2D eigenvalue weighted by Gasteiger charge is -2.24. The number of phenols is 1. The molecule has 1 aliphatic rings. The summed E-state index contributed by atoms with van der Waals surface area (Å²) in [5.41, 5.74) is 0.102. The van der Waals surface area contributed by atoms with Gasteiger partial charge in [0, 0.05) is 29.0 Å². The Kier molecular flexibility index (Phi) is 5.98. The second-order valence-corrected chi connectivity index (χ2v) is 8.06. The molecule has 2 atom stereocenters. The van der Waals surface area contributed by atoms with Gasteiger partial charge in [0.1, 0.15) is 11.4 Å². The number of aromatic hydroxyl groups is 1. The molecule has 2 rings (SSSR count). The molecule has 0 saturated carbocycles. The second kappa shape index (κ2) is 7.64. The van der Waals surface area contributed by atoms with Crippen molar-refractivity contribution in [2.45, 2.75) is 38.7 Å². The SMILES string of the molecule is COC(=O)C[C@H]1CN(C(=O)OC(C)(C)C)C[C@@H]1c1c(O)cccc1Br. The first-order chi connectivity index (χ1) is 11.6. The minimum Gasteiger partial charge on any atom is -0.508 e. The number of carbonyl (C=O) groups is 2. The number of halogens is 1. The van der Waals surface area contributed by atoms with Crippen molar-refractivity contribution in [2.75, 3.05) is 20.2 Å². The molecule has 25 heavy (non-hydrogen) atoms. The fourth-order valence-electron chi connectivity index (χ4n) is 3.07. The molecule has 1 fully saturated rings. The zero-order valence-corrected chi connectivity index (χ0v) is 16.5. The molecule has 0 aliphatic carbocycles. The maximum absolute atomic E-state index is 12.4. The van der Waals surface area contributed by atoms with Gasteiger partial charge < -0.3 is 19.5 Å². The number of methoxy groups -OCH3 is 1. The van der Waals surface area contributed by atoms with Crippen molar-refractivity contribution in [3.8, 4) is 5.75 Å². The predicted octanol–water partition coefficient (Wildman–Crippen LogP) is 3.67. The summed E-state index contributed by atoms with van der Waals surface area (Å²) >= 11 is 3.46. The normalized spacial score (nSPS) is 20.4. The summed E-state index contributed by atoms with van der Waals surface area (Å²) < 4.78 is 11.0. The van der Waals surface area contributed by atoms with Crippen molar-refractivity contribution >= 4 is 28.0 Å². The van der Waals surface area contributed by atoms with Crippen molar-refractivity contribution < 1.29 is 24.2 Å². The summed E-state index contributed by atoms with van der Waals surface area (Å²) in [5, 5.41) is 10.3. The number of nitrogens with zero attached hydrogens (tertiary/aromatic N) is 1. The molecule has 1 aliphatic heterocycles. The third kappa shape index (κ3) is 4.87. The molecule has 1 saturated heterocycles. The Morgan fingerprint density at radius 2 is 2.00 bits per heavy atom. The Balaban J connectivity index is 2.28. The standard InChI is InChI=1S/C18H24BrNO5/c1-18(2,3)25-17(23)20-9-11(8-15(22)24-4)12(10-20)16-13(19)6-5-7-14(16)21/h5-7,11-12,21H,8-10H2,1-4H3/t11-,12-/m0/s1. The van der Waals surface area contributed by atoms with Crippen LogP contribution in [0.5, 0.6) is 5.75 Å². The van der Waals surface area contributed by atoms with Crippen LogP contribution in [-0.2, 0) is 14.3 Å². The van der Waals surface area contributed by atoms with Crippen LogP contribution in [0.2, 0.25) is 0 Å². The van der Waals surface area contributed by atoms with E-state index in [1.807, 2.05) is 26.8 Å². The summed E-state index contributed by atoms with van der Waals surface area (Å²) in [6.45, 7) is 6.17. The lowest BCUT2D eigenvalue weighted by molar-refractivity contribution is -0.141. The molecule has 1 aromatic rings. The van der Waals surface area contributed by atoms with E-state index in [9.17, 15) is 14.7 Å². The van der Waals surface area contributed by atoms with Crippen LogP contribution in [-0.4, -0.2) is 47.9 Å². The molecule has 0 bridgehead atoms. The Labute approximate surface area is 156 Å². The van der Waals surface area contributed by atoms with E-state index >= 15 is 0 Å². The number of benzene rings is 1. The molecule has 0 spiro atoms. The quantitative estimate of drug-likeness (QED) is 0.764. The second-order valence-electron chi connectivity index (χ2n) is 7.20. The summed E-state index contributed by atoms with van der Waals surface area (Å²) in [4.78, 5) is 25.8. The van der Waals surface area contributed by atoms with Gasteiger partial charge in [-0.3, -0.25) is 4.79 Å². The van der Waals surface area contributed by atoms with E-state index in [0.29, 0.717) is 18.7 Å². The number of likely N-dealkylation sites (tertiary alicyclic amines) is 1. The van der Waals surface area contributed by atoms with Crippen LogP contribution in [0.25, 0.3) is 0 Å². The zero-order valence-electron chi connectivity index (χ0n) is 14.9. The number of hydrogen-bond acceptors (Lipinski definition) is 5. The number of carbonyl (C=O) groups excluding carboxylic acids is 2. The fourth-order valence-corrected chi connectivity index (χ4v) is 3.72. The van der Waals surface area contributed by atoms with Crippen LogP contribution in [0.15, 0.2) is 22.7 Å². The molecular formula is C18H24BrNO5. The molecule has 1 N–H and O–H groups in total. The smallest absolute Gasteiger partial charge is 0.410 e. The summed E-state index contributed by atoms with van der Waals surface area (Å²) in [6, 6.07) is 5.17. The van der Waals surface area contributed by atoms with E-state index in [1.54, 1.807) is 17.0 Å². The maximum atomic E-state index is 12.4. The largest absolute Gasteiger partial charge is 0.508 e. The van der Waals surface area contributed by atoms with Crippen molar-refractivity contribution in [2.24, 2.45) is 5.92 Å². The summed E-state index contributed by atoms with van der Waals surface area (Å²) in [6.07, 6.45) is -0.252. The first-order valence-corrected chi connectivity index (χ1v) is 8.93. The Morgan fingerprint density at radius 3 is 2.56 bits per heavy atom. The van der Waals surface area contributed by atoms with E-state index in [-0.39, 0.29) is 30.0 Å². The summed E-state index contributed by atoms with van der Waals surface area (Å²) in [7, 11) is 1.34. The molecule has 0 aromatic heterocycles. The van der Waals surface area contributed by atoms with Gasteiger partial charge in [-0.05, 0) is 38.8 Å². The molecule has 0 unspecified atom stereocenters. The van der Waals surface area contributed by atoms with Crippen molar-refractivity contribution in [1.82, 2.24) is 4.90 Å². The van der Waals surface area contributed by atoms with Gasteiger partial charge in [-0.15, -0.1) is 0 Å². The van der Waals surface area contributed by atoms with Crippen molar-refractivity contribution in [1.29, 1.82) is 0 Å². The average molecular weight is 414 g/mol. The van der Waals surface area contributed by atoms with Crippen LogP contribution in [0.1, 0.15) is 38.7 Å².